The number of anilines is 1. The van der Waals surface area contributed by atoms with Crippen molar-refractivity contribution in [2.45, 2.75) is 18.2 Å². The molecule has 3 aromatic rings. The van der Waals surface area contributed by atoms with Gasteiger partial charge in [0.05, 0.1) is 22.0 Å². The molecular weight excluding hydrogens is 434 g/mol. The maximum Gasteiger partial charge on any atom is 0.223 e. The predicted molar refractivity (Wildman–Crippen MR) is 123 cm³/mol. The zero-order valence-electron chi connectivity index (χ0n) is 17.4. The van der Waals surface area contributed by atoms with Crippen LogP contribution in [0, 0.1) is 0 Å². The van der Waals surface area contributed by atoms with Crippen LogP contribution < -0.4 is 9.64 Å². The number of aromatic nitrogens is 1. The number of carbonyl (C=O) groups is 1. The fraction of sp³-hybridized carbons (Fsp3) is 0.364. The van der Waals surface area contributed by atoms with Crippen molar-refractivity contribution in [3.63, 3.8) is 0 Å². The molecule has 164 valence electrons. The molecule has 0 bridgehead atoms. The van der Waals surface area contributed by atoms with Gasteiger partial charge in [-0.25, -0.2) is 13.4 Å². The topological polar surface area (TPSA) is 79.8 Å². The normalized spacial score (nSPS) is 14.7. The van der Waals surface area contributed by atoms with Crippen LogP contribution in [0.25, 0.3) is 10.2 Å². The molecular formula is C22H25N3O4S2. The number of thiazole rings is 1. The Hall–Kier alpha value is -2.65. The monoisotopic (exact) mass is 459 g/mol. The van der Waals surface area contributed by atoms with Gasteiger partial charge >= 0.3 is 0 Å². The molecule has 1 fully saturated rings. The van der Waals surface area contributed by atoms with Crippen molar-refractivity contribution in [2.24, 2.45) is 0 Å². The third-order valence-corrected chi connectivity index (χ3v) is 8.07. The molecule has 2 aromatic carbocycles. The second kappa shape index (κ2) is 9.23. The Labute approximate surface area is 186 Å². The smallest absolute Gasteiger partial charge is 0.223 e. The Bertz CT molecular complexity index is 1150. The molecule has 1 aromatic heterocycles. The minimum atomic E-state index is -3.45. The Kier molecular flexibility index (Phi) is 6.43. The zero-order valence-corrected chi connectivity index (χ0v) is 19.0. The van der Waals surface area contributed by atoms with E-state index in [0.717, 1.165) is 21.1 Å². The number of carbonyl (C=O) groups excluding carboxylic acids is 1. The van der Waals surface area contributed by atoms with Gasteiger partial charge in [-0.05, 0) is 31.2 Å². The number of amides is 1. The first-order valence-corrected chi connectivity index (χ1v) is 12.8. The van der Waals surface area contributed by atoms with Crippen LogP contribution in [0.3, 0.4) is 0 Å². The maximum atomic E-state index is 12.6. The van der Waals surface area contributed by atoms with Gasteiger partial charge in [-0.3, -0.25) is 4.79 Å². The lowest BCUT2D eigenvalue weighted by Crippen LogP contribution is -2.49. The van der Waals surface area contributed by atoms with E-state index in [1.165, 1.54) is 0 Å². The van der Waals surface area contributed by atoms with Crippen LogP contribution in [0.15, 0.2) is 53.4 Å². The SMILES string of the molecule is CCOc1cccc2sc(N3CCN(C(=O)CCS(=O)(=O)c4ccccc4)CC3)nc12. The highest BCUT2D eigenvalue weighted by atomic mass is 32.2. The van der Waals surface area contributed by atoms with Gasteiger partial charge in [-0.2, -0.15) is 0 Å². The van der Waals surface area contributed by atoms with Crippen molar-refractivity contribution in [2.75, 3.05) is 43.4 Å². The molecule has 1 amide bonds. The van der Waals surface area contributed by atoms with Crippen molar-refractivity contribution in [1.82, 2.24) is 9.88 Å². The number of nitrogens with zero attached hydrogens (tertiary/aromatic N) is 3. The summed E-state index contributed by atoms with van der Waals surface area (Å²) in [6.45, 7) is 4.99. The summed E-state index contributed by atoms with van der Waals surface area (Å²) < 4.78 is 31.6. The number of ether oxygens (including phenoxy) is 1. The summed E-state index contributed by atoms with van der Waals surface area (Å²) in [4.78, 5) is 21.5. The zero-order chi connectivity index (χ0) is 21.8. The van der Waals surface area contributed by atoms with E-state index in [0.29, 0.717) is 32.8 Å². The van der Waals surface area contributed by atoms with Crippen LogP contribution in [0.4, 0.5) is 5.13 Å². The highest BCUT2D eigenvalue weighted by Gasteiger charge is 2.25. The van der Waals surface area contributed by atoms with Crippen molar-refractivity contribution < 1.29 is 17.9 Å². The van der Waals surface area contributed by atoms with Crippen LogP contribution in [0.1, 0.15) is 13.3 Å². The third-order valence-electron chi connectivity index (χ3n) is 5.26. The summed E-state index contributed by atoms with van der Waals surface area (Å²) in [5.74, 6) is 0.492. The molecule has 0 spiro atoms. The van der Waals surface area contributed by atoms with Gasteiger partial charge in [0.25, 0.3) is 0 Å². The van der Waals surface area contributed by atoms with E-state index >= 15 is 0 Å². The average Bonchev–Trinajstić information content (AvgIpc) is 3.24. The van der Waals surface area contributed by atoms with Gasteiger partial charge in [0.1, 0.15) is 11.3 Å². The average molecular weight is 460 g/mol. The molecule has 0 saturated carbocycles. The van der Waals surface area contributed by atoms with Gasteiger partial charge in [-0.1, -0.05) is 35.6 Å². The number of hydrogen-bond donors (Lipinski definition) is 0. The summed E-state index contributed by atoms with van der Waals surface area (Å²) in [7, 11) is -3.45. The molecule has 1 saturated heterocycles. The third kappa shape index (κ3) is 4.83. The molecule has 31 heavy (non-hydrogen) atoms. The molecule has 2 heterocycles. The lowest BCUT2D eigenvalue weighted by atomic mass is 10.3. The maximum absolute atomic E-state index is 12.6. The van der Waals surface area contributed by atoms with E-state index in [1.807, 2.05) is 25.1 Å². The molecule has 0 radical (unpaired) electrons. The largest absolute Gasteiger partial charge is 0.492 e. The predicted octanol–water partition coefficient (Wildman–Crippen LogP) is 3.21. The summed E-state index contributed by atoms with van der Waals surface area (Å²) in [5, 5.41) is 0.918. The van der Waals surface area contributed by atoms with Crippen molar-refractivity contribution in [3.8, 4) is 5.75 Å². The Morgan fingerprint density at radius 2 is 1.81 bits per heavy atom. The fourth-order valence-electron chi connectivity index (χ4n) is 3.59. The van der Waals surface area contributed by atoms with E-state index in [4.69, 9.17) is 9.72 Å². The van der Waals surface area contributed by atoms with Gasteiger partial charge in [0, 0.05) is 32.6 Å². The molecule has 4 rings (SSSR count). The number of benzene rings is 2. The van der Waals surface area contributed by atoms with E-state index in [1.54, 1.807) is 46.6 Å². The summed E-state index contributed by atoms with van der Waals surface area (Å²) in [6.07, 6.45) is -0.00389. The quantitative estimate of drug-likeness (QED) is 0.540. The fourth-order valence-corrected chi connectivity index (χ4v) is 5.88. The van der Waals surface area contributed by atoms with Crippen LogP contribution in [-0.4, -0.2) is 62.7 Å². The lowest BCUT2D eigenvalue weighted by molar-refractivity contribution is -0.131. The number of piperazine rings is 1. The highest BCUT2D eigenvalue weighted by molar-refractivity contribution is 7.91. The molecule has 1 aliphatic heterocycles. The molecule has 7 nitrogen and oxygen atoms in total. The molecule has 0 aliphatic carbocycles. The molecule has 1 aliphatic rings. The van der Waals surface area contributed by atoms with Gasteiger partial charge in [0.15, 0.2) is 15.0 Å². The van der Waals surface area contributed by atoms with Crippen LogP contribution in [-0.2, 0) is 14.6 Å². The number of rotatable bonds is 7. The van der Waals surface area contributed by atoms with Crippen molar-refractivity contribution in [1.29, 1.82) is 0 Å². The number of para-hydroxylation sites is 1. The van der Waals surface area contributed by atoms with E-state index < -0.39 is 9.84 Å². The first-order chi connectivity index (χ1) is 15.0. The van der Waals surface area contributed by atoms with Gasteiger partial charge in [0.2, 0.25) is 5.91 Å². The minimum absolute atomic E-state index is 0.00389. The molecule has 0 atom stereocenters. The van der Waals surface area contributed by atoms with E-state index in [2.05, 4.69) is 4.90 Å². The van der Waals surface area contributed by atoms with Gasteiger partial charge in [-0.15, -0.1) is 0 Å². The number of hydrogen-bond acceptors (Lipinski definition) is 7. The number of fused-ring (bicyclic) bond motifs is 1. The summed E-state index contributed by atoms with van der Waals surface area (Å²) in [5.41, 5.74) is 0.869. The molecule has 0 N–H and O–H groups in total. The van der Waals surface area contributed by atoms with Crippen LogP contribution in [0.5, 0.6) is 5.75 Å². The Morgan fingerprint density at radius 1 is 1.06 bits per heavy atom. The highest BCUT2D eigenvalue weighted by Crippen LogP contribution is 2.34. The Balaban J connectivity index is 1.35. The second-order valence-electron chi connectivity index (χ2n) is 7.28. The summed E-state index contributed by atoms with van der Waals surface area (Å²) >= 11 is 1.62. The Morgan fingerprint density at radius 3 is 2.52 bits per heavy atom. The molecule has 9 heteroatoms. The van der Waals surface area contributed by atoms with E-state index in [-0.39, 0.29) is 23.0 Å². The number of sulfone groups is 1. The molecule has 0 unspecified atom stereocenters. The van der Waals surface area contributed by atoms with Gasteiger partial charge < -0.3 is 14.5 Å². The van der Waals surface area contributed by atoms with E-state index in [9.17, 15) is 13.2 Å². The van der Waals surface area contributed by atoms with Crippen molar-refractivity contribution in [3.05, 3.63) is 48.5 Å². The standard InChI is InChI=1S/C22H25N3O4S2/c1-2-29-18-9-6-10-19-21(18)23-22(30-19)25-14-12-24(13-15-25)20(26)11-16-31(27,28)17-7-4-3-5-8-17/h3-10H,2,11-16H2,1H3. The lowest BCUT2D eigenvalue weighted by Gasteiger charge is -2.34. The second-order valence-corrected chi connectivity index (χ2v) is 10.4. The first kappa shape index (κ1) is 21.6. The van der Waals surface area contributed by atoms with Crippen molar-refractivity contribution >= 4 is 42.4 Å². The summed E-state index contributed by atoms with van der Waals surface area (Å²) in [6, 6.07) is 14.2. The minimum Gasteiger partial charge on any atom is -0.492 e. The van der Waals surface area contributed by atoms with Crippen LogP contribution in [0.2, 0.25) is 0 Å². The van der Waals surface area contributed by atoms with Crippen LogP contribution >= 0.6 is 11.3 Å². The first-order valence-electron chi connectivity index (χ1n) is 10.3.